The number of benzene rings is 1. The smallest absolute Gasteiger partial charge is 0.271 e. The third-order valence-electron chi connectivity index (χ3n) is 3.58. The number of aromatic amines is 1. The Morgan fingerprint density at radius 3 is 2.79 bits per heavy atom. The van der Waals surface area contributed by atoms with Gasteiger partial charge in [-0.15, -0.1) is 0 Å². The number of H-pyrrole nitrogens is 1. The van der Waals surface area contributed by atoms with Crippen molar-refractivity contribution in [2.45, 2.75) is 19.0 Å². The molecule has 3 aromatic rings. The van der Waals surface area contributed by atoms with Gasteiger partial charge in [0.15, 0.2) is 5.82 Å². The van der Waals surface area contributed by atoms with Crippen LogP contribution in [-0.2, 0) is 6.54 Å². The van der Waals surface area contributed by atoms with E-state index < -0.39 is 0 Å². The average molecular weight is 346 g/mol. The first-order valence-electron chi connectivity index (χ1n) is 7.32. The van der Waals surface area contributed by atoms with E-state index in [1.165, 1.54) is 6.33 Å². The van der Waals surface area contributed by atoms with Crippen LogP contribution in [-0.4, -0.2) is 30.9 Å². The molecule has 0 saturated heterocycles. The van der Waals surface area contributed by atoms with Gasteiger partial charge in [0.05, 0.1) is 6.04 Å². The van der Waals surface area contributed by atoms with Crippen molar-refractivity contribution in [1.29, 1.82) is 0 Å². The van der Waals surface area contributed by atoms with Gasteiger partial charge < -0.3 is 11.1 Å². The standard InChI is InChI=1S/C15H16ClN7O/c16-12-13(21-22-14(12)17)15(24)20-11(10-4-2-1-3-5-10)6-7-23-9-18-8-19-23/h1-5,8-9,11H,6-7H2,(H,20,24)(H3,17,21,22)/t11-/m0/s1. The highest BCUT2D eigenvalue weighted by molar-refractivity contribution is 6.35. The molecule has 0 aliphatic carbocycles. The number of hydrogen-bond donors (Lipinski definition) is 3. The Labute approximate surface area is 143 Å². The number of carbonyl (C=O) groups excluding carboxylic acids is 1. The number of nitrogens with zero attached hydrogens (tertiary/aromatic N) is 4. The molecule has 2 aromatic heterocycles. The van der Waals surface area contributed by atoms with Gasteiger partial charge in [-0.2, -0.15) is 10.2 Å². The summed E-state index contributed by atoms with van der Waals surface area (Å²) in [7, 11) is 0. The second-order valence-corrected chi connectivity index (χ2v) is 5.56. The number of rotatable bonds is 6. The van der Waals surface area contributed by atoms with Crippen LogP contribution in [0.3, 0.4) is 0 Å². The Morgan fingerprint density at radius 2 is 2.17 bits per heavy atom. The Morgan fingerprint density at radius 1 is 1.38 bits per heavy atom. The SMILES string of the molecule is Nc1n[nH]c(C(=O)N[C@@H](CCn2cncn2)c2ccccc2)c1Cl. The summed E-state index contributed by atoms with van der Waals surface area (Å²) in [5.41, 5.74) is 6.70. The molecule has 0 radical (unpaired) electrons. The van der Waals surface area contributed by atoms with Gasteiger partial charge in [0.2, 0.25) is 0 Å². The van der Waals surface area contributed by atoms with Gasteiger partial charge in [-0.1, -0.05) is 41.9 Å². The molecule has 0 bridgehead atoms. The zero-order valence-corrected chi connectivity index (χ0v) is 13.4. The van der Waals surface area contributed by atoms with Gasteiger partial charge in [0.1, 0.15) is 23.4 Å². The van der Waals surface area contributed by atoms with Crippen molar-refractivity contribution in [3.63, 3.8) is 0 Å². The number of carbonyl (C=O) groups is 1. The normalized spacial score (nSPS) is 12.0. The van der Waals surface area contributed by atoms with Crippen molar-refractivity contribution in [3.8, 4) is 0 Å². The number of aryl methyl sites for hydroxylation is 1. The van der Waals surface area contributed by atoms with Gasteiger partial charge >= 0.3 is 0 Å². The Balaban J connectivity index is 1.76. The second-order valence-electron chi connectivity index (χ2n) is 5.18. The van der Waals surface area contributed by atoms with Crippen LogP contribution in [0.1, 0.15) is 28.5 Å². The zero-order chi connectivity index (χ0) is 16.9. The van der Waals surface area contributed by atoms with Crippen LogP contribution in [0.2, 0.25) is 5.02 Å². The Bertz CT molecular complexity index is 801. The lowest BCUT2D eigenvalue weighted by Crippen LogP contribution is -2.30. The van der Waals surface area contributed by atoms with Gasteiger partial charge in [0, 0.05) is 6.54 Å². The van der Waals surface area contributed by atoms with E-state index in [0.717, 1.165) is 5.56 Å². The molecule has 0 fully saturated rings. The van der Waals surface area contributed by atoms with E-state index in [9.17, 15) is 4.79 Å². The van der Waals surface area contributed by atoms with Crippen LogP contribution in [0.25, 0.3) is 0 Å². The molecule has 1 atom stereocenters. The molecule has 0 unspecified atom stereocenters. The quantitative estimate of drug-likeness (QED) is 0.630. The predicted molar refractivity (Wildman–Crippen MR) is 89.3 cm³/mol. The number of nitrogens with two attached hydrogens (primary N) is 1. The van der Waals surface area contributed by atoms with Crippen LogP contribution in [0.15, 0.2) is 43.0 Å². The third kappa shape index (κ3) is 3.54. The monoisotopic (exact) mass is 345 g/mol. The molecule has 2 heterocycles. The van der Waals surface area contributed by atoms with Crippen molar-refractivity contribution >= 4 is 23.3 Å². The number of amides is 1. The van der Waals surface area contributed by atoms with Crippen LogP contribution < -0.4 is 11.1 Å². The summed E-state index contributed by atoms with van der Waals surface area (Å²) in [6.45, 7) is 0.610. The minimum Gasteiger partial charge on any atom is -0.381 e. The zero-order valence-electron chi connectivity index (χ0n) is 12.7. The fourth-order valence-corrected chi connectivity index (χ4v) is 2.51. The number of hydrogen-bond acceptors (Lipinski definition) is 5. The molecule has 1 aromatic carbocycles. The Kier molecular flexibility index (Phi) is 4.76. The molecular weight excluding hydrogens is 330 g/mol. The fraction of sp³-hybridized carbons (Fsp3) is 0.200. The maximum absolute atomic E-state index is 12.5. The number of nitrogen functional groups attached to an aromatic ring is 1. The average Bonchev–Trinajstić information content (AvgIpc) is 3.23. The molecule has 0 aliphatic rings. The highest BCUT2D eigenvalue weighted by Crippen LogP contribution is 2.22. The minimum absolute atomic E-state index is 0.0979. The first-order chi connectivity index (χ1) is 11.6. The van der Waals surface area contributed by atoms with Crippen LogP contribution in [0, 0.1) is 0 Å². The summed E-state index contributed by atoms with van der Waals surface area (Å²) in [6.07, 6.45) is 3.75. The summed E-state index contributed by atoms with van der Waals surface area (Å²) in [5.74, 6) is -0.266. The fourth-order valence-electron chi connectivity index (χ4n) is 2.34. The lowest BCUT2D eigenvalue weighted by molar-refractivity contribution is 0.0928. The molecule has 3 rings (SSSR count). The lowest BCUT2D eigenvalue weighted by Gasteiger charge is -2.19. The van der Waals surface area contributed by atoms with Crippen molar-refractivity contribution in [2.75, 3.05) is 5.73 Å². The van der Waals surface area contributed by atoms with Crippen LogP contribution in [0.4, 0.5) is 5.82 Å². The van der Waals surface area contributed by atoms with E-state index in [4.69, 9.17) is 17.3 Å². The molecule has 8 nitrogen and oxygen atoms in total. The second kappa shape index (κ2) is 7.14. The number of nitrogens with one attached hydrogen (secondary N) is 2. The van der Waals surface area contributed by atoms with Crippen molar-refractivity contribution in [2.24, 2.45) is 0 Å². The number of halogens is 1. The highest BCUT2D eigenvalue weighted by Gasteiger charge is 2.20. The van der Waals surface area contributed by atoms with E-state index in [1.54, 1.807) is 11.0 Å². The van der Waals surface area contributed by atoms with Crippen molar-refractivity contribution in [3.05, 3.63) is 59.3 Å². The molecule has 1 amide bonds. The van der Waals surface area contributed by atoms with E-state index in [1.807, 2.05) is 30.3 Å². The van der Waals surface area contributed by atoms with Crippen LogP contribution in [0.5, 0.6) is 0 Å². The summed E-state index contributed by atoms with van der Waals surface area (Å²) in [6, 6.07) is 9.45. The first-order valence-corrected chi connectivity index (χ1v) is 7.70. The maximum atomic E-state index is 12.5. The summed E-state index contributed by atoms with van der Waals surface area (Å²) < 4.78 is 1.71. The van der Waals surface area contributed by atoms with Crippen LogP contribution >= 0.6 is 11.6 Å². The molecule has 24 heavy (non-hydrogen) atoms. The van der Waals surface area contributed by atoms with Gasteiger partial charge in [-0.05, 0) is 12.0 Å². The molecule has 0 saturated carbocycles. The summed E-state index contributed by atoms with van der Waals surface area (Å²) in [4.78, 5) is 16.4. The molecule has 4 N–H and O–H groups in total. The van der Waals surface area contributed by atoms with E-state index >= 15 is 0 Å². The van der Waals surface area contributed by atoms with Crippen molar-refractivity contribution < 1.29 is 4.79 Å². The van der Waals surface area contributed by atoms with E-state index in [2.05, 4.69) is 25.6 Å². The molecule has 0 aliphatic heterocycles. The van der Waals surface area contributed by atoms with E-state index in [-0.39, 0.29) is 28.5 Å². The maximum Gasteiger partial charge on any atom is 0.271 e. The number of anilines is 1. The summed E-state index contributed by atoms with van der Waals surface area (Å²) >= 11 is 5.99. The number of aromatic nitrogens is 5. The minimum atomic E-state index is -0.364. The molecule has 9 heteroatoms. The van der Waals surface area contributed by atoms with Gasteiger partial charge in [-0.25, -0.2) is 4.98 Å². The Hall–Kier alpha value is -2.87. The predicted octanol–water partition coefficient (Wildman–Crippen LogP) is 1.80. The first kappa shape index (κ1) is 16.0. The van der Waals surface area contributed by atoms with Gasteiger partial charge in [0.25, 0.3) is 5.91 Å². The van der Waals surface area contributed by atoms with Crippen molar-refractivity contribution in [1.82, 2.24) is 30.3 Å². The summed E-state index contributed by atoms with van der Waals surface area (Å²) in [5, 5.41) is 13.4. The molecule has 124 valence electrons. The molecule has 0 spiro atoms. The largest absolute Gasteiger partial charge is 0.381 e. The van der Waals surface area contributed by atoms with Gasteiger partial charge in [-0.3, -0.25) is 14.6 Å². The highest BCUT2D eigenvalue weighted by atomic mass is 35.5. The molecular formula is C15H16ClN7O. The topological polar surface area (TPSA) is 115 Å². The third-order valence-corrected chi connectivity index (χ3v) is 3.96. The van der Waals surface area contributed by atoms with E-state index in [0.29, 0.717) is 13.0 Å². The lowest BCUT2D eigenvalue weighted by atomic mass is 10.0.